The molecule has 2 aromatic rings. The number of benzene rings is 2. The fourth-order valence-electron chi connectivity index (χ4n) is 2.11. The van der Waals surface area contributed by atoms with Gasteiger partial charge in [-0.2, -0.15) is 0 Å². The Morgan fingerprint density at radius 3 is 2.20 bits per heavy atom. The van der Waals surface area contributed by atoms with Crippen LogP contribution in [-0.2, 0) is 13.0 Å². The molecule has 106 valence electrons. The highest BCUT2D eigenvalue weighted by molar-refractivity contribution is 5.40. The van der Waals surface area contributed by atoms with Crippen LogP contribution in [-0.4, -0.2) is 10.2 Å². The Balaban J connectivity index is 1.96. The zero-order chi connectivity index (χ0) is 14.5. The summed E-state index contributed by atoms with van der Waals surface area (Å²) in [6.45, 7) is 4.90. The van der Waals surface area contributed by atoms with Gasteiger partial charge in [-0.15, -0.1) is 0 Å². The lowest BCUT2D eigenvalue weighted by molar-refractivity contribution is 0.402. The third-order valence-corrected chi connectivity index (χ3v) is 3.54. The summed E-state index contributed by atoms with van der Waals surface area (Å²) in [6.07, 6.45) is 1.05. The van der Waals surface area contributed by atoms with Crippen molar-refractivity contribution < 1.29 is 10.2 Å². The van der Waals surface area contributed by atoms with E-state index in [0.29, 0.717) is 6.54 Å². The number of aryl methyl sites for hydroxylation is 1. The summed E-state index contributed by atoms with van der Waals surface area (Å²) in [5.41, 5.74) is 3.52. The van der Waals surface area contributed by atoms with Gasteiger partial charge in [0.1, 0.15) is 0 Å². The van der Waals surface area contributed by atoms with Crippen molar-refractivity contribution >= 4 is 0 Å². The zero-order valence-corrected chi connectivity index (χ0v) is 11.9. The van der Waals surface area contributed by atoms with Crippen molar-refractivity contribution in [2.75, 3.05) is 0 Å². The van der Waals surface area contributed by atoms with Crippen LogP contribution in [0.4, 0.5) is 0 Å². The Labute approximate surface area is 119 Å². The van der Waals surface area contributed by atoms with Gasteiger partial charge in [-0.1, -0.05) is 37.3 Å². The summed E-state index contributed by atoms with van der Waals surface area (Å²) in [5, 5.41) is 22.1. The van der Waals surface area contributed by atoms with Crippen LogP contribution in [0.1, 0.15) is 36.6 Å². The van der Waals surface area contributed by atoms with E-state index in [1.54, 1.807) is 12.1 Å². The SMILES string of the molecule is CCc1ccc(C(C)NCc2ccc(O)c(O)c2)cc1. The molecule has 3 heteroatoms. The van der Waals surface area contributed by atoms with E-state index in [2.05, 4.69) is 43.4 Å². The molecule has 2 rings (SSSR count). The molecule has 2 aromatic carbocycles. The molecule has 0 radical (unpaired) electrons. The minimum atomic E-state index is -0.0862. The molecule has 3 nitrogen and oxygen atoms in total. The summed E-state index contributed by atoms with van der Waals surface area (Å²) in [5.74, 6) is -0.166. The normalized spacial score (nSPS) is 12.3. The van der Waals surface area contributed by atoms with Crippen molar-refractivity contribution in [2.45, 2.75) is 32.9 Å². The topological polar surface area (TPSA) is 52.5 Å². The van der Waals surface area contributed by atoms with Crippen LogP contribution in [0.25, 0.3) is 0 Å². The van der Waals surface area contributed by atoms with Gasteiger partial charge >= 0.3 is 0 Å². The quantitative estimate of drug-likeness (QED) is 0.729. The van der Waals surface area contributed by atoms with Crippen molar-refractivity contribution in [3.8, 4) is 11.5 Å². The van der Waals surface area contributed by atoms with Crippen LogP contribution in [0.3, 0.4) is 0 Å². The molecule has 0 bridgehead atoms. The number of aromatic hydroxyl groups is 2. The second kappa shape index (κ2) is 6.44. The van der Waals surface area contributed by atoms with E-state index in [0.717, 1.165) is 12.0 Å². The molecule has 1 atom stereocenters. The largest absolute Gasteiger partial charge is 0.504 e. The Kier molecular flexibility index (Phi) is 4.64. The van der Waals surface area contributed by atoms with Crippen LogP contribution in [0.5, 0.6) is 11.5 Å². The first-order valence-electron chi connectivity index (χ1n) is 6.93. The van der Waals surface area contributed by atoms with Crippen LogP contribution in [0.2, 0.25) is 0 Å². The van der Waals surface area contributed by atoms with Gasteiger partial charge in [-0.05, 0) is 42.2 Å². The van der Waals surface area contributed by atoms with E-state index in [1.807, 2.05) is 0 Å². The van der Waals surface area contributed by atoms with Crippen LogP contribution in [0, 0.1) is 0 Å². The van der Waals surface area contributed by atoms with Crippen molar-refractivity contribution in [3.63, 3.8) is 0 Å². The molecule has 20 heavy (non-hydrogen) atoms. The lowest BCUT2D eigenvalue weighted by atomic mass is 10.0. The minimum Gasteiger partial charge on any atom is -0.504 e. The molecule has 0 saturated heterocycles. The first-order chi connectivity index (χ1) is 9.60. The smallest absolute Gasteiger partial charge is 0.157 e. The Morgan fingerprint density at radius 2 is 1.60 bits per heavy atom. The predicted octanol–water partition coefficient (Wildman–Crippen LogP) is 3.51. The van der Waals surface area contributed by atoms with E-state index in [1.165, 1.54) is 17.2 Å². The van der Waals surface area contributed by atoms with Crippen molar-refractivity contribution in [1.82, 2.24) is 5.32 Å². The lowest BCUT2D eigenvalue weighted by Gasteiger charge is -2.15. The highest BCUT2D eigenvalue weighted by Crippen LogP contribution is 2.25. The zero-order valence-electron chi connectivity index (χ0n) is 11.9. The molecule has 0 aliphatic heterocycles. The third-order valence-electron chi connectivity index (χ3n) is 3.54. The fraction of sp³-hybridized carbons (Fsp3) is 0.294. The number of nitrogens with one attached hydrogen (secondary N) is 1. The summed E-state index contributed by atoms with van der Waals surface area (Å²) in [6, 6.07) is 13.7. The highest BCUT2D eigenvalue weighted by atomic mass is 16.3. The van der Waals surface area contributed by atoms with Crippen molar-refractivity contribution in [1.29, 1.82) is 0 Å². The second-order valence-electron chi connectivity index (χ2n) is 5.02. The Morgan fingerprint density at radius 1 is 0.950 bits per heavy atom. The molecule has 0 aromatic heterocycles. The maximum absolute atomic E-state index is 9.46. The maximum Gasteiger partial charge on any atom is 0.157 e. The molecular formula is C17H21NO2. The fourth-order valence-corrected chi connectivity index (χ4v) is 2.11. The molecule has 0 saturated carbocycles. The molecule has 0 fully saturated rings. The molecular weight excluding hydrogens is 250 g/mol. The molecule has 0 heterocycles. The van der Waals surface area contributed by atoms with Crippen LogP contribution in [0.15, 0.2) is 42.5 Å². The van der Waals surface area contributed by atoms with Crippen molar-refractivity contribution in [2.24, 2.45) is 0 Å². The van der Waals surface area contributed by atoms with E-state index >= 15 is 0 Å². The van der Waals surface area contributed by atoms with E-state index in [4.69, 9.17) is 0 Å². The molecule has 0 aliphatic rings. The van der Waals surface area contributed by atoms with Gasteiger partial charge in [0.2, 0.25) is 0 Å². The molecule has 1 unspecified atom stereocenters. The van der Waals surface area contributed by atoms with Gasteiger partial charge < -0.3 is 15.5 Å². The summed E-state index contributed by atoms with van der Waals surface area (Å²) in [7, 11) is 0. The molecule has 0 amide bonds. The van der Waals surface area contributed by atoms with Gasteiger partial charge in [-0.3, -0.25) is 0 Å². The molecule has 3 N–H and O–H groups in total. The van der Waals surface area contributed by atoms with E-state index in [9.17, 15) is 10.2 Å². The first-order valence-corrected chi connectivity index (χ1v) is 6.93. The maximum atomic E-state index is 9.46. The summed E-state index contributed by atoms with van der Waals surface area (Å²) < 4.78 is 0. The van der Waals surface area contributed by atoms with E-state index < -0.39 is 0 Å². The standard InChI is InChI=1S/C17H21NO2/c1-3-13-4-7-15(8-5-13)12(2)18-11-14-6-9-16(19)17(20)10-14/h4-10,12,18-20H,3,11H2,1-2H3. The van der Waals surface area contributed by atoms with Gasteiger partial charge in [0.15, 0.2) is 11.5 Å². The van der Waals surface area contributed by atoms with Gasteiger partial charge in [-0.25, -0.2) is 0 Å². The van der Waals surface area contributed by atoms with E-state index in [-0.39, 0.29) is 17.5 Å². The predicted molar refractivity (Wildman–Crippen MR) is 80.8 cm³/mol. The average molecular weight is 271 g/mol. The Hall–Kier alpha value is -2.00. The molecule has 0 spiro atoms. The third kappa shape index (κ3) is 3.52. The van der Waals surface area contributed by atoms with Gasteiger partial charge in [0, 0.05) is 12.6 Å². The monoisotopic (exact) mass is 271 g/mol. The number of phenolic OH excluding ortho intramolecular Hbond substituents is 2. The summed E-state index contributed by atoms with van der Waals surface area (Å²) >= 11 is 0. The number of phenols is 2. The summed E-state index contributed by atoms with van der Waals surface area (Å²) in [4.78, 5) is 0. The van der Waals surface area contributed by atoms with Gasteiger partial charge in [0.25, 0.3) is 0 Å². The van der Waals surface area contributed by atoms with Crippen LogP contribution >= 0.6 is 0 Å². The number of hydrogen-bond donors (Lipinski definition) is 3. The highest BCUT2D eigenvalue weighted by Gasteiger charge is 2.06. The number of rotatable bonds is 5. The van der Waals surface area contributed by atoms with Gasteiger partial charge in [0.05, 0.1) is 0 Å². The minimum absolute atomic E-state index is 0.0794. The Bertz CT molecular complexity index is 564. The number of hydrogen-bond acceptors (Lipinski definition) is 3. The first kappa shape index (κ1) is 14.4. The average Bonchev–Trinajstić information content (AvgIpc) is 2.48. The molecule has 0 aliphatic carbocycles. The lowest BCUT2D eigenvalue weighted by Crippen LogP contribution is -2.18. The second-order valence-corrected chi connectivity index (χ2v) is 5.02. The van der Waals surface area contributed by atoms with Crippen molar-refractivity contribution in [3.05, 3.63) is 59.2 Å². The van der Waals surface area contributed by atoms with Crippen LogP contribution < -0.4 is 5.32 Å².